The van der Waals surface area contributed by atoms with Gasteiger partial charge in [-0.1, -0.05) is 13.0 Å². The molecular weight excluding hydrogens is 230 g/mol. The summed E-state index contributed by atoms with van der Waals surface area (Å²) in [6, 6.07) is 4.21. The standard InChI is InChI=1S/C13H21N3S/c1-2-14-10-12-4-3-5-15-13(12)11-16-6-8-17-9-7-16/h3-5,14H,2,6-11H2,1H3. The average molecular weight is 251 g/mol. The zero-order valence-corrected chi connectivity index (χ0v) is 11.3. The van der Waals surface area contributed by atoms with E-state index in [1.807, 2.05) is 12.3 Å². The van der Waals surface area contributed by atoms with Crippen LogP contribution >= 0.6 is 11.8 Å². The van der Waals surface area contributed by atoms with Crippen LogP contribution in [0.4, 0.5) is 0 Å². The van der Waals surface area contributed by atoms with E-state index in [1.165, 1.54) is 35.9 Å². The minimum Gasteiger partial charge on any atom is -0.313 e. The van der Waals surface area contributed by atoms with Crippen molar-refractivity contribution >= 4 is 11.8 Å². The average Bonchev–Trinajstić information content (AvgIpc) is 2.39. The van der Waals surface area contributed by atoms with Gasteiger partial charge in [0.2, 0.25) is 0 Å². The molecule has 1 aromatic rings. The second kappa shape index (κ2) is 6.99. The van der Waals surface area contributed by atoms with E-state index < -0.39 is 0 Å². The first-order valence-corrected chi connectivity index (χ1v) is 7.49. The van der Waals surface area contributed by atoms with Crippen LogP contribution < -0.4 is 5.32 Å². The molecule has 1 N–H and O–H groups in total. The van der Waals surface area contributed by atoms with Crippen molar-refractivity contribution in [3.63, 3.8) is 0 Å². The lowest BCUT2D eigenvalue weighted by Crippen LogP contribution is -2.32. The Morgan fingerprint density at radius 2 is 2.24 bits per heavy atom. The second-order valence-electron chi connectivity index (χ2n) is 4.28. The fourth-order valence-electron chi connectivity index (χ4n) is 2.01. The number of hydrogen-bond donors (Lipinski definition) is 1. The Morgan fingerprint density at radius 1 is 1.41 bits per heavy atom. The predicted octanol–water partition coefficient (Wildman–Crippen LogP) is 1.74. The van der Waals surface area contributed by atoms with E-state index in [2.05, 4.69) is 40.0 Å². The Bertz CT molecular complexity index is 337. The van der Waals surface area contributed by atoms with Gasteiger partial charge >= 0.3 is 0 Å². The summed E-state index contributed by atoms with van der Waals surface area (Å²) in [5, 5.41) is 3.38. The molecule has 0 unspecified atom stereocenters. The zero-order chi connectivity index (χ0) is 11.9. The van der Waals surface area contributed by atoms with Crippen LogP contribution in [0.1, 0.15) is 18.2 Å². The van der Waals surface area contributed by atoms with Crippen LogP contribution in [0.25, 0.3) is 0 Å². The van der Waals surface area contributed by atoms with Crippen LogP contribution in [0.2, 0.25) is 0 Å². The summed E-state index contributed by atoms with van der Waals surface area (Å²) in [6.45, 7) is 7.47. The Labute approximate surface area is 108 Å². The van der Waals surface area contributed by atoms with E-state index in [4.69, 9.17) is 0 Å². The third-order valence-electron chi connectivity index (χ3n) is 3.03. The van der Waals surface area contributed by atoms with Crippen molar-refractivity contribution in [1.82, 2.24) is 15.2 Å². The van der Waals surface area contributed by atoms with Gasteiger partial charge < -0.3 is 5.32 Å². The van der Waals surface area contributed by atoms with Gasteiger partial charge in [0.25, 0.3) is 0 Å². The van der Waals surface area contributed by atoms with Crippen molar-refractivity contribution in [2.45, 2.75) is 20.0 Å². The normalized spacial score (nSPS) is 17.2. The van der Waals surface area contributed by atoms with Crippen LogP contribution in [-0.4, -0.2) is 41.0 Å². The van der Waals surface area contributed by atoms with Gasteiger partial charge in [-0.15, -0.1) is 0 Å². The van der Waals surface area contributed by atoms with Gasteiger partial charge in [-0.25, -0.2) is 0 Å². The predicted molar refractivity (Wildman–Crippen MR) is 74.2 cm³/mol. The van der Waals surface area contributed by atoms with E-state index >= 15 is 0 Å². The molecule has 1 aromatic heterocycles. The molecule has 0 radical (unpaired) electrons. The molecule has 0 bridgehead atoms. The van der Waals surface area contributed by atoms with Gasteiger partial charge in [-0.05, 0) is 18.2 Å². The maximum atomic E-state index is 4.54. The highest BCUT2D eigenvalue weighted by molar-refractivity contribution is 7.99. The van der Waals surface area contributed by atoms with Crippen molar-refractivity contribution in [1.29, 1.82) is 0 Å². The highest BCUT2D eigenvalue weighted by atomic mass is 32.2. The SMILES string of the molecule is CCNCc1cccnc1CN1CCSCC1. The largest absolute Gasteiger partial charge is 0.313 e. The fraction of sp³-hybridized carbons (Fsp3) is 0.615. The first-order chi connectivity index (χ1) is 8.40. The number of nitrogens with zero attached hydrogens (tertiary/aromatic N) is 2. The monoisotopic (exact) mass is 251 g/mol. The Hall–Kier alpha value is -0.580. The van der Waals surface area contributed by atoms with Crippen LogP contribution in [0.3, 0.4) is 0 Å². The van der Waals surface area contributed by atoms with E-state index in [0.717, 1.165) is 19.6 Å². The lowest BCUT2D eigenvalue weighted by Gasteiger charge is -2.26. The smallest absolute Gasteiger partial charge is 0.0588 e. The first kappa shape index (κ1) is 12.9. The lowest BCUT2D eigenvalue weighted by molar-refractivity contribution is 0.290. The maximum absolute atomic E-state index is 4.54. The first-order valence-electron chi connectivity index (χ1n) is 6.33. The molecule has 17 heavy (non-hydrogen) atoms. The molecule has 2 rings (SSSR count). The van der Waals surface area contributed by atoms with Gasteiger partial charge in [-0.3, -0.25) is 9.88 Å². The van der Waals surface area contributed by atoms with E-state index in [1.54, 1.807) is 0 Å². The van der Waals surface area contributed by atoms with Gasteiger partial charge in [0.15, 0.2) is 0 Å². The Balaban J connectivity index is 1.98. The van der Waals surface area contributed by atoms with E-state index in [-0.39, 0.29) is 0 Å². The minimum atomic E-state index is 0.933. The molecule has 0 saturated carbocycles. The molecule has 4 heteroatoms. The highest BCUT2D eigenvalue weighted by Gasteiger charge is 2.13. The molecule has 2 heterocycles. The number of pyridine rings is 1. The number of aromatic nitrogens is 1. The summed E-state index contributed by atoms with van der Waals surface area (Å²) < 4.78 is 0. The third-order valence-corrected chi connectivity index (χ3v) is 3.97. The summed E-state index contributed by atoms with van der Waals surface area (Å²) in [5.41, 5.74) is 2.58. The second-order valence-corrected chi connectivity index (χ2v) is 5.50. The van der Waals surface area contributed by atoms with Crippen molar-refractivity contribution in [2.24, 2.45) is 0 Å². The van der Waals surface area contributed by atoms with Gasteiger partial charge in [0.05, 0.1) is 5.69 Å². The molecular formula is C13H21N3S. The number of thioether (sulfide) groups is 1. The quantitative estimate of drug-likeness (QED) is 0.863. The molecule has 3 nitrogen and oxygen atoms in total. The lowest BCUT2D eigenvalue weighted by atomic mass is 10.2. The summed E-state index contributed by atoms with van der Waals surface area (Å²) in [6.07, 6.45) is 1.91. The molecule has 0 aliphatic carbocycles. The van der Waals surface area contributed by atoms with Crippen molar-refractivity contribution in [3.8, 4) is 0 Å². The van der Waals surface area contributed by atoms with Crippen molar-refractivity contribution < 1.29 is 0 Å². The van der Waals surface area contributed by atoms with Gasteiger partial charge in [0, 0.05) is 43.9 Å². The molecule has 0 amide bonds. The summed E-state index contributed by atoms with van der Waals surface area (Å²) in [5.74, 6) is 2.52. The molecule has 94 valence electrons. The molecule has 1 fully saturated rings. The van der Waals surface area contributed by atoms with Gasteiger partial charge in [-0.2, -0.15) is 11.8 Å². The highest BCUT2D eigenvalue weighted by Crippen LogP contribution is 2.14. The van der Waals surface area contributed by atoms with Crippen LogP contribution in [-0.2, 0) is 13.1 Å². The van der Waals surface area contributed by atoms with Crippen molar-refractivity contribution in [2.75, 3.05) is 31.1 Å². The number of rotatable bonds is 5. The molecule has 0 aromatic carbocycles. The molecule has 1 aliphatic heterocycles. The Morgan fingerprint density at radius 3 is 3.00 bits per heavy atom. The number of nitrogens with one attached hydrogen (secondary N) is 1. The summed E-state index contributed by atoms with van der Waals surface area (Å²) in [7, 11) is 0. The molecule has 0 spiro atoms. The molecule has 1 aliphatic rings. The molecule has 0 atom stereocenters. The van der Waals surface area contributed by atoms with Gasteiger partial charge in [0.1, 0.15) is 0 Å². The summed E-state index contributed by atoms with van der Waals surface area (Å²) in [4.78, 5) is 7.05. The number of hydrogen-bond acceptors (Lipinski definition) is 4. The molecule has 1 saturated heterocycles. The van der Waals surface area contributed by atoms with Crippen LogP contribution in [0.5, 0.6) is 0 Å². The van der Waals surface area contributed by atoms with E-state index in [0.29, 0.717) is 0 Å². The topological polar surface area (TPSA) is 28.2 Å². The minimum absolute atomic E-state index is 0.933. The third kappa shape index (κ3) is 3.98. The fourth-order valence-corrected chi connectivity index (χ4v) is 2.98. The Kier molecular flexibility index (Phi) is 5.29. The zero-order valence-electron chi connectivity index (χ0n) is 10.5. The van der Waals surface area contributed by atoms with E-state index in [9.17, 15) is 0 Å². The summed E-state index contributed by atoms with van der Waals surface area (Å²) >= 11 is 2.05. The van der Waals surface area contributed by atoms with Crippen molar-refractivity contribution in [3.05, 3.63) is 29.6 Å². The van der Waals surface area contributed by atoms with Crippen LogP contribution in [0.15, 0.2) is 18.3 Å². The van der Waals surface area contributed by atoms with Crippen LogP contribution in [0, 0.1) is 0 Å². The maximum Gasteiger partial charge on any atom is 0.0588 e.